The van der Waals surface area contributed by atoms with Crippen LogP contribution in [0.5, 0.6) is 0 Å². The molecule has 1 aromatic carbocycles. The van der Waals surface area contributed by atoms with Gasteiger partial charge in [-0.25, -0.2) is 4.98 Å². The normalized spacial score (nSPS) is 19.4. The number of rotatable bonds is 6. The molecule has 0 spiro atoms. The summed E-state index contributed by atoms with van der Waals surface area (Å²) in [5, 5.41) is 13.1. The molecule has 0 bridgehead atoms. The van der Waals surface area contributed by atoms with E-state index >= 15 is 0 Å². The third-order valence-corrected chi connectivity index (χ3v) is 5.85. The average Bonchev–Trinajstić information content (AvgIpc) is 3.27. The van der Waals surface area contributed by atoms with E-state index in [-0.39, 0.29) is 12.6 Å². The third-order valence-electron chi connectivity index (χ3n) is 5.85. The molecule has 10 heteroatoms. The fourth-order valence-corrected chi connectivity index (χ4v) is 3.98. The molecule has 0 radical (unpaired) electrons. The number of alkyl halides is 3. The van der Waals surface area contributed by atoms with E-state index in [9.17, 15) is 18.3 Å². The van der Waals surface area contributed by atoms with Crippen LogP contribution in [0.4, 0.5) is 24.9 Å². The number of benzene rings is 1. The highest BCUT2D eigenvalue weighted by Crippen LogP contribution is 2.32. The van der Waals surface area contributed by atoms with Gasteiger partial charge in [0.15, 0.2) is 17.0 Å². The molecule has 5 rings (SSSR count). The fraction of sp³-hybridized carbons (Fsp3) is 0.476. The van der Waals surface area contributed by atoms with Crippen LogP contribution in [0.3, 0.4) is 0 Å². The standard InChI is InChI=1S/C21H23F3N6O/c22-21(23,24)14-5-3-13(4-6-14)10-29-12-25-17-18(26-15-7-8-15)27-20(28-19(17)29)30-9-1-2-16(30)11-31/h3-6,12,15-16,31H,1-2,7-11H2,(H,26,27,28). The highest BCUT2D eigenvalue weighted by molar-refractivity contribution is 5.84. The minimum absolute atomic E-state index is 0.0162. The molecule has 2 aromatic heterocycles. The van der Waals surface area contributed by atoms with Gasteiger partial charge in [0.1, 0.15) is 0 Å². The molecule has 3 aromatic rings. The molecule has 1 aliphatic carbocycles. The van der Waals surface area contributed by atoms with Gasteiger partial charge in [0.2, 0.25) is 5.95 Å². The van der Waals surface area contributed by atoms with Crippen molar-refractivity contribution >= 4 is 22.9 Å². The molecule has 1 saturated carbocycles. The first kappa shape index (κ1) is 20.0. The zero-order valence-corrected chi connectivity index (χ0v) is 16.8. The van der Waals surface area contributed by atoms with Crippen LogP contribution in [0.2, 0.25) is 0 Å². The monoisotopic (exact) mass is 432 g/mol. The molecule has 31 heavy (non-hydrogen) atoms. The van der Waals surface area contributed by atoms with E-state index in [0.29, 0.717) is 35.5 Å². The molecule has 0 amide bonds. The number of aliphatic hydroxyl groups is 1. The van der Waals surface area contributed by atoms with E-state index < -0.39 is 11.7 Å². The molecule has 2 N–H and O–H groups in total. The number of anilines is 2. The first-order valence-electron chi connectivity index (χ1n) is 10.5. The summed E-state index contributed by atoms with van der Waals surface area (Å²) in [6, 6.07) is 5.48. The smallest absolute Gasteiger partial charge is 0.394 e. The summed E-state index contributed by atoms with van der Waals surface area (Å²) in [6.07, 6.45) is 1.29. The van der Waals surface area contributed by atoms with Crippen molar-refractivity contribution in [3.8, 4) is 0 Å². The predicted molar refractivity (Wildman–Crippen MR) is 110 cm³/mol. The Labute approximate surface area is 176 Å². The van der Waals surface area contributed by atoms with Crippen molar-refractivity contribution in [1.82, 2.24) is 19.5 Å². The van der Waals surface area contributed by atoms with Gasteiger partial charge in [-0.1, -0.05) is 12.1 Å². The van der Waals surface area contributed by atoms with Crippen LogP contribution in [0.25, 0.3) is 11.2 Å². The van der Waals surface area contributed by atoms with E-state index in [2.05, 4.69) is 10.3 Å². The van der Waals surface area contributed by atoms with Crippen LogP contribution >= 0.6 is 0 Å². The number of imidazole rings is 1. The van der Waals surface area contributed by atoms with Crippen molar-refractivity contribution in [2.75, 3.05) is 23.4 Å². The van der Waals surface area contributed by atoms with Gasteiger partial charge in [0, 0.05) is 12.6 Å². The molecule has 2 aliphatic rings. The number of hydrogen-bond acceptors (Lipinski definition) is 6. The number of nitrogens with one attached hydrogen (secondary N) is 1. The summed E-state index contributed by atoms with van der Waals surface area (Å²) in [7, 11) is 0. The largest absolute Gasteiger partial charge is 0.416 e. The highest BCUT2D eigenvalue weighted by Gasteiger charge is 2.31. The van der Waals surface area contributed by atoms with E-state index in [1.165, 1.54) is 12.1 Å². The van der Waals surface area contributed by atoms with Gasteiger partial charge >= 0.3 is 6.18 Å². The molecule has 1 unspecified atom stereocenters. The topological polar surface area (TPSA) is 79.1 Å². The van der Waals surface area contributed by atoms with Crippen LogP contribution in [-0.4, -0.2) is 49.9 Å². The number of nitrogens with zero attached hydrogens (tertiary/aromatic N) is 5. The second-order valence-corrected chi connectivity index (χ2v) is 8.20. The number of aliphatic hydroxyl groups excluding tert-OH is 1. The van der Waals surface area contributed by atoms with Crippen LogP contribution in [0.15, 0.2) is 30.6 Å². The first-order valence-corrected chi connectivity index (χ1v) is 10.5. The van der Waals surface area contributed by atoms with Gasteiger partial charge in [0.05, 0.1) is 31.1 Å². The lowest BCUT2D eigenvalue weighted by atomic mass is 10.1. The van der Waals surface area contributed by atoms with Crippen LogP contribution < -0.4 is 10.2 Å². The van der Waals surface area contributed by atoms with Crippen molar-refractivity contribution in [2.24, 2.45) is 0 Å². The molecule has 1 aliphatic heterocycles. The summed E-state index contributed by atoms with van der Waals surface area (Å²) in [5.41, 5.74) is 1.31. The molecule has 7 nitrogen and oxygen atoms in total. The SMILES string of the molecule is OCC1CCCN1c1nc(NC2CC2)c2ncn(Cc3ccc(C(F)(F)F)cc3)c2n1. The highest BCUT2D eigenvalue weighted by atomic mass is 19.4. The van der Waals surface area contributed by atoms with Crippen molar-refractivity contribution in [3.63, 3.8) is 0 Å². The second-order valence-electron chi connectivity index (χ2n) is 8.20. The van der Waals surface area contributed by atoms with Gasteiger partial charge in [0.25, 0.3) is 0 Å². The van der Waals surface area contributed by atoms with Crippen LogP contribution in [-0.2, 0) is 12.7 Å². The van der Waals surface area contributed by atoms with Crippen molar-refractivity contribution < 1.29 is 18.3 Å². The molecule has 3 heterocycles. The quantitative estimate of drug-likeness (QED) is 0.622. The molecule has 164 valence electrons. The van der Waals surface area contributed by atoms with Crippen LogP contribution in [0, 0.1) is 0 Å². The van der Waals surface area contributed by atoms with Gasteiger partial charge in [-0.2, -0.15) is 23.1 Å². The Morgan fingerprint density at radius 1 is 1.10 bits per heavy atom. The summed E-state index contributed by atoms with van der Waals surface area (Å²) in [5.74, 6) is 1.21. The second kappa shape index (κ2) is 7.67. The molecule has 2 fully saturated rings. The van der Waals surface area contributed by atoms with E-state index in [4.69, 9.17) is 9.97 Å². The van der Waals surface area contributed by atoms with Crippen molar-refractivity contribution in [3.05, 3.63) is 41.7 Å². The number of fused-ring (bicyclic) bond motifs is 1. The molecular formula is C21H23F3N6O. The molecule has 1 atom stereocenters. The molecule has 1 saturated heterocycles. The number of aromatic nitrogens is 4. The van der Waals surface area contributed by atoms with Gasteiger partial charge in [-0.15, -0.1) is 0 Å². The Kier molecular flexibility index (Phi) is 4.96. The van der Waals surface area contributed by atoms with E-state index in [0.717, 1.165) is 49.9 Å². The predicted octanol–water partition coefficient (Wildman–Crippen LogP) is 3.43. The van der Waals surface area contributed by atoms with Crippen LogP contribution in [0.1, 0.15) is 36.8 Å². The minimum atomic E-state index is -4.36. The van der Waals surface area contributed by atoms with Gasteiger partial charge in [-0.3, -0.25) is 0 Å². The first-order chi connectivity index (χ1) is 14.9. The Balaban J connectivity index is 1.50. The van der Waals surface area contributed by atoms with Gasteiger partial charge < -0.3 is 19.9 Å². The zero-order chi connectivity index (χ0) is 21.6. The lowest BCUT2D eigenvalue weighted by Gasteiger charge is -2.23. The van der Waals surface area contributed by atoms with E-state index in [1.807, 2.05) is 9.47 Å². The maximum absolute atomic E-state index is 12.9. The number of halogens is 3. The van der Waals surface area contributed by atoms with Crippen molar-refractivity contribution in [1.29, 1.82) is 0 Å². The lowest BCUT2D eigenvalue weighted by molar-refractivity contribution is -0.137. The fourth-order valence-electron chi connectivity index (χ4n) is 3.98. The Morgan fingerprint density at radius 3 is 2.55 bits per heavy atom. The maximum atomic E-state index is 12.9. The van der Waals surface area contributed by atoms with Crippen molar-refractivity contribution in [2.45, 2.75) is 50.5 Å². The zero-order valence-electron chi connectivity index (χ0n) is 16.8. The summed E-state index contributed by atoms with van der Waals surface area (Å²) < 4.78 is 40.4. The molecular weight excluding hydrogens is 409 g/mol. The summed E-state index contributed by atoms with van der Waals surface area (Å²) >= 11 is 0. The Morgan fingerprint density at radius 2 is 1.87 bits per heavy atom. The Bertz CT molecular complexity index is 1080. The van der Waals surface area contributed by atoms with Gasteiger partial charge in [-0.05, 0) is 43.4 Å². The third kappa shape index (κ3) is 4.04. The number of hydrogen-bond donors (Lipinski definition) is 2. The Hall–Kier alpha value is -2.88. The minimum Gasteiger partial charge on any atom is -0.394 e. The average molecular weight is 432 g/mol. The maximum Gasteiger partial charge on any atom is 0.416 e. The summed E-state index contributed by atoms with van der Waals surface area (Å²) in [4.78, 5) is 16.0. The lowest BCUT2D eigenvalue weighted by Crippen LogP contribution is -2.33. The summed E-state index contributed by atoms with van der Waals surface area (Å²) in [6.45, 7) is 1.15. The van der Waals surface area contributed by atoms with E-state index in [1.54, 1.807) is 6.33 Å².